The van der Waals surface area contributed by atoms with Gasteiger partial charge >= 0.3 is 0 Å². The number of nitrogens with one attached hydrogen (secondary N) is 2. The Hall–Kier alpha value is -2.38. The Balaban J connectivity index is 2.15. The molecule has 0 spiro atoms. The summed E-state index contributed by atoms with van der Waals surface area (Å²) in [6.45, 7) is 5.85. The van der Waals surface area contributed by atoms with E-state index in [4.69, 9.17) is 0 Å². The van der Waals surface area contributed by atoms with Crippen molar-refractivity contribution in [1.29, 1.82) is 0 Å². The van der Waals surface area contributed by atoms with Crippen LogP contribution >= 0.6 is 0 Å². The van der Waals surface area contributed by atoms with Crippen molar-refractivity contribution in [1.82, 2.24) is 4.31 Å². The van der Waals surface area contributed by atoms with Crippen LogP contribution in [0.5, 0.6) is 0 Å². The Kier molecular flexibility index (Phi) is 6.62. The minimum atomic E-state index is -3.54. The quantitative estimate of drug-likeness (QED) is 0.762. The predicted molar refractivity (Wildman–Crippen MR) is 110 cm³/mol. The van der Waals surface area contributed by atoms with Gasteiger partial charge in [0.05, 0.1) is 11.4 Å². The molecule has 2 N–H and O–H groups in total. The van der Waals surface area contributed by atoms with Gasteiger partial charge in [-0.15, -0.1) is 0 Å². The lowest BCUT2D eigenvalue weighted by Crippen LogP contribution is -2.24. The van der Waals surface area contributed by atoms with E-state index in [1.165, 1.54) is 18.4 Å². The van der Waals surface area contributed by atoms with Crippen LogP contribution in [0.4, 0.5) is 11.4 Å². The fraction of sp³-hybridized carbons (Fsp3) is 0.350. The van der Waals surface area contributed by atoms with E-state index in [2.05, 4.69) is 17.6 Å². The molecule has 0 aliphatic heterocycles. The number of nitrogens with zero attached hydrogens (tertiary/aromatic N) is 1. The van der Waals surface area contributed by atoms with E-state index in [1.807, 2.05) is 38.1 Å². The zero-order chi connectivity index (χ0) is 20.2. The van der Waals surface area contributed by atoms with E-state index in [-0.39, 0.29) is 17.3 Å². The molecule has 0 heterocycles. The van der Waals surface area contributed by atoms with E-state index >= 15 is 0 Å². The van der Waals surface area contributed by atoms with Gasteiger partial charge in [-0.3, -0.25) is 4.79 Å². The molecule has 0 fully saturated rings. The lowest BCUT2D eigenvalue weighted by molar-refractivity contribution is -0.114. The zero-order valence-corrected chi connectivity index (χ0v) is 17.3. The van der Waals surface area contributed by atoms with Crippen LogP contribution in [-0.2, 0) is 21.2 Å². The van der Waals surface area contributed by atoms with E-state index in [0.717, 1.165) is 28.8 Å². The molecule has 2 aromatic rings. The summed E-state index contributed by atoms with van der Waals surface area (Å²) in [5.41, 5.74) is 4.28. The average Bonchev–Trinajstić information content (AvgIpc) is 2.62. The van der Waals surface area contributed by atoms with Gasteiger partial charge in [0.1, 0.15) is 0 Å². The number of hydrogen-bond acceptors (Lipinski definition) is 4. The van der Waals surface area contributed by atoms with E-state index in [9.17, 15) is 13.2 Å². The number of sulfonamides is 1. The minimum absolute atomic E-state index is 0.0437. The first-order valence-electron chi connectivity index (χ1n) is 8.81. The molecular weight excluding hydrogens is 362 g/mol. The SMILES string of the molecule is CCc1cccc(NC(=O)CNc2cc(S(=O)(=O)N(C)C)cc(C)c2C)c1. The second kappa shape index (κ2) is 8.54. The molecule has 146 valence electrons. The van der Waals surface area contributed by atoms with Gasteiger partial charge in [-0.25, -0.2) is 12.7 Å². The molecule has 6 nitrogen and oxygen atoms in total. The molecule has 0 saturated heterocycles. The summed E-state index contributed by atoms with van der Waals surface area (Å²) in [4.78, 5) is 12.5. The standard InChI is InChI=1S/C20H27N3O3S/c1-6-16-8-7-9-17(11-16)22-20(24)13-21-19-12-18(10-14(2)15(19)3)27(25,26)23(4)5/h7-12,21H,6,13H2,1-5H3,(H,22,24). The van der Waals surface area contributed by atoms with Crippen molar-refractivity contribution in [3.63, 3.8) is 0 Å². The van der Waals surface area contributed by atoms with E-state index in [1.54, 1.807) is 12.1 Å². The van der Waals surface area contributed by atoms with Gasteiger partial charge in [-0.05, 0) is 61.2 Å². The largest absolute Gasteiger partial charge is 0.376 e. The average molecular weight is 390 g/mol. The number of rotatable bonds is 7. The van der Waals surface area contributed by atoms with Crippen molar-refractivity contribution in [2.75, 3.05) is 31.3 Å². The normalized spacial score (nSPS) is 11.5. The third-order valence-electron chi connectivity index (χ3n) is 4.48. The van der Waals surface area contributed by atoms with Crippen molar-refractivity contribution >= 4 is 27.3 Å². The second-order valence-electron chi connectivity index (χ2n) is 6.66. The number of anilines is 2. The molecule has 0 bridgehead atoms. The van der Waals surface area contributed by atoms with E-state index < -0.39 is 10.0 Å². The lowest BCUT2D eigenvalue weighted by atomic mass is 10.1. The van der Waals surface area contributed by atoms with Gasteiger partial charge in [0.25, 0.3) is 0 Å². The van der Waals surface area contributed by atoms with Crippen LogP contribution in [0.1, 0.15) is 23.6 Å². The molecule has 2 aromatic carbocycles. The van der Waals surface area contributed by atoms with E-state index in [0.29, 0.717) is 5.69 Å². The van der Waals surface area contributed by atoms with Gasteiger partial charge < -0.3 is 10.6 Å². The summed E-state index contributed by atoms with van der Waals surface area (Å²) in [7, 11) is -0.550. The van der Waals surface area contributed by atoms with Crippen LogP contribution < -0.4 is 10.6 Å². The molecule has 0 aliphatic rings. The van der Waals surface area contributed by atoms with Crippen LogP contribution in [0, 0.1) is 13.8 Å². The monoisotopic (exact) mass is 389 g/mol. The number of hydrogen-bond donors (Lipinski definition) is 2. The highest BCUT2D eigenvalue weighted by molar-refractivity contribution is 7.89. The highest BCUT2D eigenvalue weighted by Gasteiger charge is 2.19. The van der Waals surface area contributed by atoms with Crippen LogP contribution in [0.25, 0.3) is 0 Å². The van der Waals surface area contributed by atoms with Crippen LogP contribution in [0.3, 0.4) is 0 Å². The number of aryl methyl sites for hydroxylation is 2. The maximum absolute atomic E-state index is 12.4. The topological polar surface area (TPSA) is 78.5 Å². The summed E-state index contributed by atoms with van der Waals surface area (Å²) in [6, 6.07) is 10.9. The fourth-order valence-corrected chi connectivity index (χ4v) is 3.63. The summed E-state index contributed by atoms with van der Waals surface area (Å²) in [5, 5.41) is 5.91. The second-order valence-corrected chi connectivity index (χ2v) is 8.81. The van der Waals surface area contributed by atoms with Gasteiger partial charge in [-0.1, -0.05) is 19.1 Å². The van der Waals surface area contributed by atoms with Crippen molar-refractivity contribution in [3.05, 3.63) is 53.1 Å². The summed E-state index contributed by atoms with van der Waals surface area (Å²) in [6.07, 6.45) is 0.896. The molecule has 1 amide bonds. The van der Waals surface area contributed by atoms with Crippen molar-refractivity contribution < 1.29 is 13.2 Å². The molecule has 0 aliphatic carbocycles. The summed E-state index contributed by atoms with van der Waals surface area (Å²) < 4.78 is 26.0. The summed E-state index contributed by atoms with van der Waals surface area (Å²) >= 11 is 0. The molecule has 0 aromatic heterocycles. The van der Waals surface area contributed by atoms with Gasteiger partial charge in [0.2, 0.25) is 15.9 Å². The Labute approximate surface area is 161 Å². The highest BCUT2D eigenvalue weighted by atomic mass is 32.2. The van der Waals surface area contributed by atoms with Crippen LogP contribution in [0.15, 0.2) is 41.3 Å². The first-order valence-corrected chi connectivity index (χ1v) is 10.3. The third kappa shape index (κ3) is 5.08. The minimum Gasteiger partial charge on any atom is -0.376 e. The maximum Gasteiger partial charge on any atom is 0.243 e. The van der Waals surface area contributed by atoms with Crippen LogP contribution in [-0.4, -0.2) is 39.3 Å². The highest BCUT2D eigenvalue weighted by Crippen LogP contribution is 2.25. The van der Waals surface area contributed by atoms with Crippen molar-refractivity contribution in [2.45, 2.75) is 32.1 Å². The smallest absolute Gasteiger partial charge is 0.243 e. The lowest BCUT2D eigenvalue weighted by Gasteiger charge is -2.17. The van der Waals surface area contributed by atoms with Crippen LogP contribution in [0.2, 0.25) is 0 Å². The van der Waals surface area contributed by atoms with Gasteiger partial charge in [-0.2, -0.15) is 0 Å². The Morgan fingerprint density at radius 1 is 1.11 bits per heavy atom. The number of carbonyl (C=O) groups excluding carboxylic acids is 1. The van der Waals surface area contributed by atoms with Crippen molar-refractivity contribution in [3.8, 4) is 0 Å². The molecule has 2 rings (SSSR count). The molecule has 0 unspecified atom stereocenters. The van der Waals surface area contributed by atoms with Gasteiger partial charge in [0, 0.05) is 25.5 Å². The zero-order valence-electron chi connectivity index (χ0n) is 16.5. The predicted octanol–water partition coefficient (Wildman–Crippen LogP) is 3.17. The number of amides is 1. The van der Waals surface area contributed by atoms with Crippen molar-refractivity contribution in [2.24, 2.45) is 0 Å². The Morgan fingerprint density at radius 3 is 2.44 bits per heavy atom. The molecule has 27 heavy (non-hydrogen) atoms. The fourth-order valence-electron chi connectivity index (χ4n) is 2.62. The molecule has 0 atom stereocenters. The Bertz CT molecular complexity index is 937. The molecule has 7 heteroatoms. The third-order valence-corrected chi connectivity index (χ3v) is 6.27. The Morgan fingerprint density at radius 2 is 1.81 bits per heavy atom. The molecule has 0 radical (unpaired) electrons. The summed E-state index contributed by atoms with van der Waals surface area (Å²) in [5.74, 6) is -0.193. The molecular formula is C20H27N3O3S. The van der Waals surface area contributed by atoms with Gasteiger partial charge in [0.15, 0.2) is 0 Å². The maximum atomic E-state index is 12.4. The first-order chi connectivity index (χ1) is 12.6. The molecule has 0 saturated carbocycles. The number of carbonyl (C=O) groups is 1. The first kappa shape index (κ1) is 20.9. The number of benzene rings is 2.